The molecule has 0 atom stereocenters. The number of rotatable bonds is 6. The molecule has 18 heavy (non-hydrogen) atoms. The van der Waals surface area contributed by atoms with Crippen molar-refractivity contribution in [2.45, 2.75) is 19.8 Å². The van der Waals surface area contributed by atoms with E-state index >= 15 is 0 Å². The number of primary amides is 1. The minimum absolute atomic E-state index is 0.0924. The summed E-state index contributed by atoms with van der Waals surface area (Å²) < 4.78 is 0. The molecule has 0 aliphatic heterocycles. The summed E-state index contributed by atoms with van der Waals surface area (Å²) in [7, 11) is 0. The van der Waals surface area contributed by atoms with Gasteiger partial charge in [-0.1, -0.05) is 13.3 Å². The fourth-order valence-electron chi connectivity index (χ4n) is 1.48. The zero-order valence-electron chi connectivity index (χ0n) is 10.4. The van der Waals surface area contributed by atoms with Crippen LogP contribution in [0.1, 0.15) is 30.3 Å². The number of carbonyl (C=O) groups is 2. The van der Waals surface area contributed by atoms with E-state index < -0.39 is 5.91 Å². The monoisotopic (exact) mass is 250 g/mol. The van der Waals surface area contributed by atoms with Crippen LogP contribution in [0.3, 0.4) is 0 Å². The van der Waals surface area contributed by atoms with E-state index in [9.17, 15) is 9.59 Å². The molecule has 1 heterocycles. The Balaban J connectivity index is 2.80. The molecular formula is C12H18N4O2. The highest BCUT2D eigenvalue weighted by Gasteiger charge is 2.18. The van der Waals surface area contributed by atoms with Crippen molar-refractivity contribution in [1.29, 1.82) is 0 Å². The van der Waals surface area contributed by atoms with Gasteiger partial charge in [0.25, 0.3) is 5.91 Å². The van der Waals surface area contributed by atoms with Gasteiger partial charge in [-0.05, 0) is 18.6 Å². The second-order valence-electron chi connectivity index (χ2n) is 4.02. The number of nitrogens with zero attached hydrogens (tertiary/aromatic N) is 2. The molecule has 1 rings (SSSR count). The SMILES string of the molecule is CCCCN(CC(N)=O)C(=O)c1ccc(N)cn1. The topological polar surface area (TPSA) is 102 Å². The van der Waals surface area contributed by atoms with Crippen LogP contribution in [0.2, 0.25) is 0 Å². The van der Waals surface area contributed by atoms with E-state index in [0.717, 1.165) is 12.8 Å². The zero-order valence-corrected chi connectivity index (χ0v) is 10.4. The largest absolute Gasteiger partial charge is 0.397 e. The Bertz CT molecular complexity index is 417. The number of amides is 2. The van der Waals surface area contributed by atoms with Crippen LogP contribution < -0.4 is 11.5 Å². The molecule has 1 aromatic rings. The predicted octanol–water partition coefficient (Wildman–Crippen LogP) is 0.391. The number of anilines is 1. The molecule has 0 spiro atoms. The molecule has 98 valence electrons. The number of nitrogen functional groups attached to an aromatic ring is 1. The lowest BCUT2D eigenvalue weighted by Gasteiger charge is -2.20. The van der Waals surface area contributed by atoms with Gasteiger partial charge < -0.3 is 16.4 Å². The van der Waals surface area contributed by atoms with Gasteiger partial charge >= 0.3 is 0 Å². The minimum Gasteiger partial charge on any atom is -0.397 e. The zero-order chi connectivity index (χ0) is 13.5. The van der Waals surface area contributed by atoms with Crippen molar-refractivity contribution in [3.63, 3.8) is 0 Å². The van der Waals surface area contributed by atoms with Crippen LogP contribution in [-0.4, -0.2) is 34.8 Å². The molecule has 0 unspecified atom stereocenters. The number of pyridine rings is 1. The number of hydrogen-bond donors (Lipinski definition) is 2. The fraction of sp³-hybridized carbons (Fsp3) is 0.417. The maximum Gasteiger partial charge on any atom is 0.272 e. The maximum absolute atomic E-state index is 12.1. The quantitative estimate of drug-likeness (QED) is 0.762. The van der Waals surface area contributed by atoms with E-state index in [2.05, 4.69) is 4.98 Å². The summed E-state index contributed by atoms with van der Waals surface area (Å²) in [4.78, 5) is 28.4. The fourth-order valence-corrected chi connectivity index (χ4v) is 1.48. The first-order chi connectivity index (χ1) is 8.54. The molecule has 4 N–H and O–H groups in total. The average Bonchev–Trinajstić information content (AvgIpc) is 2.34. The smallest absolute Gasteiger partial charge is 0.272 e. The number of hydrogen-bond acceptors (Lipinski definition) is 4. The molecule has 2 amide bonds. The van der Waals surface area contributed by atoms with Crippen molar-refractivity contribution in [3.8, 4) is 0 Å². The number of unbranched alkanes of at least 4 members (excludes halogenated alkanes) is 1. The lowest BCUT2D eigenvalue weighted by molar-refractivity contribution is -0.118. The Morgan fingerprint density at radius 1 is 1.39 bits per heavy atom. The molecule has 6 nitrogen and oxygen atoms in total. The third-order valence-corrected chi connectivity index (χ3v) is 2.42. The molecular weight excluding hydrogens is 232 g/mol. The molecule has 0 aliphatic carbocycles. The van der Waals surface area contributed by atoms with Crippen molar-refractivity contribution in [2.75, 3.05) is 18.8 Å². The van der Waals surface area contributed by atoms with Crippen LogP contribution in [0.25, 0.3) is 0 Å². The van der Waals surface area contributed by atoms with Crippen molar-refractivity contribution >= 4 is 17.5 Å². The summed E-state index contributed by atoms with van der Waals surface area (Å²) in [6.45, 7) is 2.41. The van der Waals surface area contributed by atoms with Crippen molar-refractivity contribution in [2.24, 2.45) is 5.73 Å². The van der Waals surface area contributed by atoms with Gasteiger partial charge in [0, 0.05) is 6.54 Å². The third-order valence-electron chi connectivity index (χ3n) is 2.42. The van der Waals surface area contributed by atoms with Gasteiger partial charge in [-0.2, -0.15) is 0 Å². The van der Waals surface area contributed by atoms with Crippen LogP contribution in [-0.2, 0) is 4.79 Å². The van der Waals surface area contributed by atoms with Crippen LogP contribution in [0.5, 0.6) is 0 Å². The molecule has 6 heteroatoms. The molecule has 0 radical (unpaired) electrons. The Labute approximate surface area is 106 Å². The van der Waals surface area contributed by atoms with Gasteiger partial charge in [-0.3, -0.25) is 9.59 Å². The summed E-state index contributed by atoms with van der Waals surface area (Å²) >= 11 is 0. The molecule has 0 saturated heterocycles. The summed E-state index contributed by atoms with van der Waals surface area (Å²) in [6, 6.07) is 3.14. The summed E-state index contributed by atoms with van der Waals surface area (Å²) in [6.07, 6.45) is 3.15. The van der Waals surface area contributed by atoms with Crippen LogP contribution >= 0.6 is 0 Å². The van der Waals surface area contributed by atoms with Crippen molar-refractivity contribution < 1.29 is 9.59 Å². The highest BCUT2D eigenvalue weighted by molar-refractivity contribution is 5.94. The van der Waals surface area contributed by atoms with Crippen molar-refractivity contribution in [3.05, 3.63) is 24.0 Å². The summed E-state index contributed by atoms with van der Waals surface area (Å²) in [5, 5.41) is 0. The molecule has 0 aliphatic rings. The molecule has 0 saturated carbocycles. The first-order valence-electron chi connectivity index (χ1n) is 5.83. The van der Waals surface area contributed by atoms with Gasteiger partial charge in [0.2, 0.25) is 5.91 Å². The Morgan fingerprint density at radius 3 is 2.61 bits per heavy atom. The third kappa shape index (κ3) is 4.04. The van der Waals surface area contributed by atoms with E-state index in [-0.39, 0.29) is 18.1 Å². The van der Waals surface area contributed by atoms with E-state index in [1.54, 1.807) is 6.07 Å². The van der Waals surface area contributed by atoms with E-state index in [1.807, 2.05) is 6.92 Å². The van der Waals surface area contributed by atoms with Crippen molar-refractivity contribution in [1.82, 2.24) is 9.88 Å². The second-order valence-corrected chi connectivity index (χ2v) is 4.02. The predicted molar refractivity (Wildman–Crippen MR) is 68.7 cm³/mol. The normalized spacial score (nSPS) is 10.1. The van der Waals surface area contributed by atoms with Gasteiger partial charge in [0.15, 0.2) is 0 Å². The number of carbonyl (C=O) groups excluding carboxylic acids is 2. The maximum atomic E-state index is 12.1. The Morgan fingerprint density at radius 2 is 2.11 bits per heavy atom. The van der Waals surface area contributed by atoms with Crippen LogP contribution in [0.15, 0.2) is 18.3 Å². The van der Waals surface area contributed by atoms with Gasteiger partial charge in [0.1, 0.15) is 5.69 Å². The van der Waals surface area contributed by atoms with E-state index in [4.69, 9.17) is 11.5 Å². The van der Waals surface area contributed by atoms with E-state index in [1.165, 1.54) is 17.2 Å². The molecule has 0 bridgehead atoms. The molecule has 1 aromatic heterocycles. The number of nitrogens with two attached hydrogens (primary N) is 2. The summed E-state index contributed by atoms with van der Waals surface area (Å²) in [5.41, 5.74) is 11.4. The van der Waals surface area contributed by atoms with Gasteiger partial charge in [0.05, 0.1) is 18.4 Å². The standard InChI is InChI=1S/C12H18N4O2/c1-2-3-6-16(8-11(14)17)12(18)10-5-4-9(13)7-15-10/h4-5,7H,2-3,6,8,13H2,1H3,(H2,14,17). The first-order valence-corrected chi connectivity index (χ1v) is 5.83. The van der Waals surface area contributed by atoms with Gasteiger partial charge in [-0.25, -0.2) is 4.98 Å². The lowest BCUT2D eigenvalue weighted by atomic mass is 10.2. The Kier molecular flexibility index (Phi) is 5.10. The molecule has 0 aromatic carbocycles. The van der Waals surface area contributed by atoms with E-state index in [0.29, 0.717) is 12.2 Å². The van der Waals surface area contributed by atoms with Crippen LogP contribution in [0.4, 0.5) is 5.69 Å². The number of aromatic nitrogens is 1. The highest BCUT2D eigenvalue weighted by Crippen LogP contribution is 2.06. The summed E-state index contributed by atoms with van der Waals surface area (Å²) in [5.74, 6) is -0.836. The second kappa shape index (κ2) is 6.58. The Hall–Kier alpha value is -2.11. The minimum atomic E-state index is -0.533. The van der Waals surface area contributed by atoms with Crippen LogP contribution in [0, 0.1) is 0 Å². The average molecular weight is 250 g/mol. The molecule has 0 fully saturated rings. The lowest BCUT2D eigenvalue weighted by Crippen LogP contribution is -2.39. The first kappa shape index (κ1) is 14.0. The highest BCUT2D eigenvalue weighted by atomic mass is 16.2. The van der Waals surface area contributed by atoms with Gasteiger partial charge in [-0.15, -0.1) is 0 Å².